The van der Waals surface area contributed by atoms with E-state index in [0.29, 0.717) is 35.6 Å². The van der Waals surface area contributed by atoms with Crippen LogP contribution in [0.1, 0.15) is 12.5 Å². The Morgan fingerprint density at radius 3 is 2.89 bits per heavy atom. The first-order valence-electron chi connectivity index (χ1n) is 8.70. The summed E-state index contributed by atoms with van der Waals surface area (Å²) in [6, 6.07) is 8.92. The molecule has 0 aliphatic carbocycles. The van der Waals surface area contributed by atoms with E-state index in [2.05, 4.69) is 15.2 Å². The van der Waals surface area contributed by atoms with Crippen molar-refractivity contribution in [1.82, 2.24) is 10.3 Å². The van der Waals surface area contributed by atoms with Crippen LogP contribution in [0.2, 0.25) is 10.0 Å². The highest BCUT2D eigenvalue weighted by Gasteiger charge is 2.17. The van der Waals surface area contributed by atoms with Crippen molar-refractivity contribution in [3.8, 4) is 5.75 Å². The lowest BCUT2D eigenvalue weighted by Crippen LogP contribution is -2.37. The van der Waals surface area contributed by atoms with Crippen molar-refractivity contribution in [2.24, 2.45) is 0 Å². The average Bonchev–Trinajstić information content (AvgIpc) is 2.70. The largest absolute Gasteiger partial charge is 0.479 e. The monoisotopic (exact) mass is 409 g/mol. The summed E-state index contributed by atoms with van der Waals surface area (Å²) in [5.41, 5.74) is 0.966. The molecule has 1 aromatic heterocycles. The number of ether oxygens (including phenoxy) is 2. The number of nitrogens with zero attached hydrogens (tertiary/aromatic N) is 2. The topological polar surface area (TPSA) is 63.7 Å². The van der Waals surface area contributed by atoms with Crippen molar-refractivity contribution in [3.63, 3.8) is 0 Å². The van der Waals surface area contributed by atoms with Gasteiger partial charge >= 0.3 is 0 Å². The van der Waals surface area contributed by atoms with Crippen LogP contribution < -0.4 is 15.0 Å². The molecule has 1 saturated heterocycles. The van der Waals surface area contributed by atoms with Crippen LogP contribution >= 0.6 is 23.2 Å². The molecule has 1 fully saturated rings. The van der Waals surface area contributed by atoms with Crippen LogP contribution in [0, 0.1) is 0 Å². The SMILES string of the molecule is C[C@H](Oc1cccc(Cl)c1Cl)C(=O)NCc1ccnc(N2CCOCC2)c1. The lowest BCUT2D eigenvalue weighted by atomic mass is 10.2. The summed E-state index contributed by atoms with van der Waals surface area (Å²) in [5.74, 6) is 1.03. The minimum Gasteiger partial charge on any atom is -0.479 e. The van der Waals surface area contributed by atoms with E-state index in [4.69, 9.17) is 32.7 Å². The van der Waals surface area contributed by atoms with Crippen molar-refractivity contribution in [2.45, 2.75) is 19.6 Å². The van der Waals surface area contributed by atoms with Gasteiger partial charge in [0.25, 0.3) is 5.91 Å². The third kappa shape index (κ3) is 5.25. The Hall–Kier alpha value is -2.02. The molecule has 1 amide bonds. The number of hydrogen-bond acceptors (Lipinski definition) is 5. The number of amides is 1. The van der Waals surface area contributed by atoms with Crippen molar-refractivity contribution in [3.05, 3.63) is 52.1 Å². The molecule has 2 aromatic rings. The van der Waals surface area contributed by atoms with Gasteiger partial charge in [-0.05, 0) is 36.8 Å². The van der Waals surface area contributed by atoms with Gasteiger partial charge in [-0.2, -0.15) is 0 Å². The molecule has 144 valence electrons. The number of carbonyl (C=O) groups excluding carboxylic acids is 1. The zero-order valence-corrected chi connectivity index (χ0v) is 16.5. The summed E-state index contributed by atoms with van der Waals surface area (Å²) < 4.78 is 11.0. The van der Waals surface area contributed by atoms with Crippen LogP contribution in [0.15, 0.2) is 36.5 Å². The fourth-order valence-electron chi connectivity index (χ4n) is 2.69. The first-order chi connectivity index (χ1) is 13.0. The number of benzene rings is 1. The zero-order chi connectivity index (χ0) is 19.2. The maximum atomic E-state index is 12.3. The van der Waals surface area contributed by atoms with Crippen molar-refractivity contribution in [2.75, 3.05) is 31.2 Å². The third-order valence-corrected chi connectivity index (χ3v) is 5.00. The lowest BCUT2D eigenvalue weighted by Gasteiger charge is -2.28. The second kappa shape index (κ2) is 9.26. The molecule has 1 N–H and O–H groups in total. The Morgan fingerprint density at radius 2 is 2.11 bits per heavy atom. The quantitative estimate of drug-likeness (QED) is 0.792. The fourth-order valence-corrected chi connectivity index (χ4v) is 3.02. The van der Waals surface area contributed by atoms with Gasteiger partial charge in [-0.15, -0.1) is 0 Å². The predicted octanol–water partition coefficient (Wildman–Crippen LogP) is 3.31. The summed E-state index contributed by atoms with van der Waals surface area (Å²) in [6.45, 7) is 5.07. The van der Waals surface area contributed by atoms with Gasteiger partial charge in [0.2, 0.25) is 0 Å². The van der Waals surface area contributed by atoms with Gasteiger partial charge in [0.05, 0.1) is 18.2 Å². The normalized spacial score (nSPS) is 15.3. The molecule has 0 spiro atoms. The summed E-state index contributed by atoms with van der Waals surface area (Å²) >= 11 is 12.1. The number of aromatic nitrogens is 1. The highest BCUT2D eigenvalue weighted by Crippen LogP contribution is 2.32. The highest BCUT2D eigenvalue weighted by atomic mass is 35.5. The van der Waals surface area contributed by atoms with E-state index in [1.807, 2.05) is 12.1 Å². The van der Waals surface area contributed by atoms with Crippen LogP contribution in [0.4, 0.5) is 5.82 Å². The van der Waals surface area contributed by atoms with E-state index < -0.39 is 6.10 Å². The number of carbonyl (C=O) groups is 1. The van der Waals surface area contributed by atoms with Crippen LogP contribution in [0.5, 0.6) is 5.75 Å². The van der Waals surface area contributed by atoms with Crippen LogP contribution in [-0.2, 0) is 16.1 Å². The zero-order valence-electron chi connectivity index (χ0n) is 15.0. The molecule has 6 nitrogen and oxygen atoms in total. The Bertz CT molecular complexity index is 798. The number of hydrogen-bond donors (Lipinski definition) is 1. The maximum Gasteiger partial charge on any atom is 0.261 e. The first-order valence-corrected chi connectivity index (χ1v) is 9.46. The number of anilines is 1. The van der Waals surface area contributed by atoms with Gasteiger partial charge in [-0.3, -0.25) is 4.79 Å². The third-order valence-electron chi connectivity index (χ3n) is 4.20. The first kappa shape index (κ1) is 19.7. The van der Waals surface area contributed by atoms with Crippen molar-refractivity contribution < 1.29 is 14.3 Å². The Morgan fingerprint density at radius 1 is 1.33 bits per heavy atom. The molecule has 0 saturated carbocycles. The molecule has 8 heteroatoms. The van der Waals surface area contributed by atoms with E-state index in [1.165, 1.54) is 0 Å². The molecule has 27 heavy (non-hydrogen) atoms. The number of nitrogens with one attached hydrogen (secondary N) is 1. The van der Waals surface area contributed by atoms with Crippen molar-refractivity contribution >= 4 is 34.9 Å². The molecular formula is C19H21Cl2N3O3. The standard InChI is InChI=1S/C19H21Cl2N3O3/c1-13(27-16-4-2-3-15(20)18(16)21)19(25)23-12-14-5-6-22-17(11-14)24-7-9-26-10-8-24/h2-6,11,13H,7-10,12H2,1H3,(H,23,25)/t13-/m0/s1. The molecule has 0 bridgehead atoms. The Labute approximate surface area is 168 Å². The summed E-state index contributed by atoms with van der Waals surface area (Å²) in [7, 11) is 0. The molecule has 1 aromatic carbocycles. The molecule has 1 aliphatic heterocycles. The molecular weight excluding hydrogens is 389 g/mol. The minimum atomic E-state index is -0.707. The second-order valence-corrected chi connectivity index (χ2v) is 6.94. The number of morpholine rings is 1. The predicted molar refractivity (Wildman–Crippen MR) is 106 cm³/mol. The lowest BCUT2D eigenvalue weighted by molar-refractivity contribution is -0.127. The Balaban J connectivity index is 1.56. The van der Waals surface area contributed by atoms with Gasteiger partial charge in [0, 0.05) is 25.8 Å². The van der Waals surface area contributed by atoms with Crippen molar-refractivity contribution in [1.29, 1.82) is 0 Å². The van der Waals surface area contributed by atoms with Crippen LogP contribution in [-0.4, -0.2) is 43.3 Å². The summed E-state index contributed by atoms with van der Waals surface area (Å²) in [4.78, 5) is 18.9. The highest BCUT2D eigenvalue weighted by molar-refractivity contribution is 6.42. The van der Waals surface area contributed by atoms with Gasteiger partial charge in [0.1, 0.15) is 16.6 Å². The number of halogens is 2. The molecule has 2 heterocycles. The summed E-state index contributed by atoms with van der Waals surface area (Å²) in [6.07, 6.45) is 1.04. The molecule has 3 rings (SSSR count). The molecule has 0 unspecified atom stereocenters. The maximum absolute atomic E-state index is 12.3. The smallest absolute Gasteiger partial charge is 0.261 e. The van der Waals surface area contributed by atoms with Crippen LogP contribution in [0.25, 0.3) is 0 Å². The van der Waals surface area contributed by atoms with E-state index in [1.54, 1.807) is 31.3 Å². The molecule has 0 radical (unpaired) electrons. The van der Waals surface area contributed by atoms with E-state index >= 15 is 0 Å². The van der Waals surface area contributed by atoms with Gasteiger partial charge in [0.15, 0.2) is 6.10 Å². The Kier molecular flexibility index (Phi) is 6.77. The minimum absolute atomic E-state index is 0.240. The van der Waals surface area contributed by atoms with E-state index in [9.17, 15) is 4.79 Å². The summed E-state index contributed by atoms with van der Waals surface area (Å²) in [5, 5.41) is 3.55. The van der Waals surface area contributed by atoms with E-state index in [0.717, 1.165) is 24.5 Å². The molecule has 1 atom stereocenters. The van der Waals surface area contributed by atoms with Gasteiger partial charge in [-0.1, -0.05) is 29.3 Å². The fraction of sp³-hybridized carbons (Fsp3) is 0.368. The van der Waals surface area contributed by atoms with Gasteiger partial charge < -0.3 is 19.7 Å². The van der Waals surface area contributed by atoms with Gasteiger partial charge in [-0.25, -0.2) is 4.98 Å². The van der Waals surface area contributed by atoms with Crippen LogP contribution in [0.3, 0.4) is 0 Å². The second-order valence-electron chi connectivity index (χ2n) is 6.15. The average molecular weight is 410 g/mol. The number of rotatable bonds is 6. The van der Waals surface area contributed by atoms with E-state index in [-0.39, 0.29) is 5.91 Å². The number of pyridine rings is 1. The molecule has 1 aliphatic rings.